The van der Waals surface area contributed by atoms with E-state index in [4.69, 9.17) is 9.47 Å². The molecule has 1 aromatic carbocycles. The third-order valence-corrected chi connectivity index (χ3v) is 5.72. The number of amides is 1. The molecule has 0 spiro atoms. The molecule has 5 heteroatoms. The Kier molecular flexibility index (Phi) is 6.41. The first kappa shape index (κ1) is 19.0. The SMILES string of the molecule is CCCCN1C2CCCC1CC(OC(=O)Nc1cc(C)ccc1OC)C2. The van der Waals surface area contributed by atoms with Crippen LogP contribution in [0.2, 0.25) is 0 Å². The lowest BCUT2D eigenvalue weighted by atomic mass is 9.82. The summed E-state index contributed by atoms with van der Waals surface area (Å²) in [5.74, 6) is 0.652. The van der Waals surface area contributed by atoms with Gasteiger partial charge in [-0.3, -0.25) is 10.2 Å². The number of fused-ring (bicyclic) bond motifs is 2. The van der Waals surface area contributed by atoms with Crippen molar-refractivity contribution < 1.29 is 14.3 Å². The minimum atomic E-state index is -0.376. The molecule has 2 saturated heterocycles. The first-order valence-electron chi connectivity index (χ1n) is 9.98. The maximum absolute atomic E-state index is 12.4. The summed E-state index contributed by atoms with van der Waals surface area (Å²) in [5, 5.41) is 2.86. The van der Waals surface area contributed by atoms with Gasteiger partial charge in [0.25, 0.3) is 0 Å². The highest BCUT2D eigenvalue weighted by molar-refractivity contribution is 5.87. The van der Waals surface area contributed by atoms with Crippen molar-refractivity contribution >= 4 is 11.8 Å². The summed E-state index contributed by atoms with van der Waals surface area (Å²) in [6.07, 6.45) is 7.80. The number of hydrogen-bond acceptors (Lipinski definition) is 4. The third kappa shape index (κ3) is 4.50. The van der Waals surface area contributed by atoms with Crippen LogP contribution in [0.15, 0.2) is 18.2 Å². The van der Waals surface area contributed by atoms with Crippen LogP contribution in [0, 0.1) is 6.92 Å². The number of benzene rings is 1. The van der Waals surface area contributed by atoms with Crippen molar-refractivity contribution in [2.24, 2.45) is 0 Å². The zero-order valence-corrected chi connectivity index (χ0v) is 16.3. The van der Waals surface area contributed by atoms with E-state index in [-0.39, 0.29) is 12.2 Å². The number of ether oxygens (including phenoxy) is 2. The Balaban J connectivity index is 1.58. The molecule has 1 amide bonds. The molecule has 3 rings (SSSR count). The molecule has 2 aliphatic heterocycles. The van der Waals surface area contributed by atoms with Crippen molar-refractivity contribution in [2.45, 2.75) is 77.0 Å². The van der Waals surface area contributed by atoms with Crippen LogP contribution in [-0.4, -0.2) is 42.8 Å². The summed E-state index contributed by atoms with van der Waals surface area (Å²) in [6.45, 7) is 5.42. The lowest BCUT2D eigenvalue weighted by Gasteiger charge is -2.48. The number of nitrogens with one attached hydrogen (secondary N) is 1. The molecular formula is C21H32N2O3. The van der Waals surface area contributed by atoms with E-state index in [1.165, 1.54) is 38.6 Å². The zero-order chi connectivity index (χ0) is 18.5. The molecule has 1 aromatic rings. The number of unbranched alkanes of at least 4 members (excludes halogenated alkanes) is 1. The lowest BCUT2D eigenvalue weighted by Crippen LogP contribution is -2.54. The maximum atomic E-state index is 12.4. The van der Waals surface area contributed by atoms with E-state index in [1.54, 1.807) is 7.11 Å². The molecule has 0 aromatic heterocycles. The van der Waals surface area contributed by atoms with Crippen molar-refractivity contribution in [3.05, 3.63) is 23.8 Å². The summed E-state index contributed by atoms with van der Waals surface area (Å²) < 4.78 is 11.1. The number of hydrogen-bond donors (Lipinski definition) is 1. The van der Waals surface area contributed by atoms with Crippen molar-refractivity contribution in [1.82, 2.24) is 4.90 Å². The van der Waals surface area contributed by atoms with Gasteiger partial charge in [0.15, 0.2) is 0 Å². The summed E-state index contributed by atoms with van der Waals surface area (Å²) in [4.78, 5) is 15.1. The quantitative estimate of drug-likeness (QED) is 0.796. The molecule has 1 N–H and O–H groups in total. The van der Waals surface area contributed by atoms with E-state index in [0.717, 1.165) is 18.4 Å². The summed E-state index contributed by atoms with van der Waals surface area (Å²) in [6, 6.07) is 6.87. The molecule has 2 fully saturated rings. The maximum Gasteiger partial charge on any atom is 0.412 e. The van der Waals surface area contributed by atoms with Crippen LogP contribution in [0.25, 0.3) is 0 Å². The van der Waals surface area contributed by atoms with Crippen LogP contribution >= 0.6 is 0 Å². The average molecular weight is 360 g/mol. The van der Waals surface area contributed by atoms with Crippen molar-refractivity contribution in [3.63, 3.8) is 0 Å². The van der Waals surface area contributed by atoms with E-state index >= 15 is 0 Å². The largest absolute Gasteiger partial charge is 0.495 e. The number of anilines is 1. The highest BCUT2D eigenvalue weighted by Gasteiger charge is 2.39. The molecule has 0 aliphatic carbocycles. The Morgan fingerprint density at radius 3 is 2.65 bits per heavy atom. The Hall–Kier alpha value is -1.75. The molecular weight excluding hydrogens is 328 g/mol. The molecule has 26 heavy (non-hydrogen) atoms. The van der Waals surface area contributed by atoms with Gasteiger partial charge < -0.3 is 9.47 Å². The number of carbonyl (C=O) groups excluding carboxylic acids is 1. The number of methoxy groups -OCH3 is 1. The number of piperidine rings is 2. The fraction of sp³-hybridized carbons (Fsp3) is 0.667. The van der Waals surface area contributed by atoms with Crippen molar-refractivity contribution in [2.75, 3.05) is 19.0 Å². The summed E-state index contributed by atoms with van der Waals surface area (Å²) in [7, 11) is 1.61. The van der Waals surface area contributed by atoms with E-state index < -0.39 is 0 Å². The van der Waals surface area contributed by atoms with Gasteiger partial charge in [0.1, 0.15) is 11.9 Å². The second-order valence-corrected chi connectivity index (χ2v) is 7.66. The molecule has 2 bridgehead atoms. The van der Waals surface area contributed by atoms with Crippen molar-refractivity contribution in [1.29, 1.82) is 0 Å². The Morgan fingerprint density at radius 2 is 2.00 bits per heavy atom. The van der Waals surface area contributed by atoms with Gasteiger partial charge in [0.05, 0.1) is 12.8 Å². The fourth-order valence-electron chi connectivity index (χ4n) is 4.44. The van der Waals surface area contributed by atoms with E-state index in [0.29, 0.717) is 23.5 Å². The summed E-state index contributed by atoms with van der Waals surface area (Å²) in [5.41, 5.74) is 1.73. The van der Waals surface area contributed by atoms with Gasteiger partial charge in [-0.05, 0) is 50.4 Å². The minimum Gasteiger partial charge on any atom is -0.495 e. The van der Waals surface area contributed by atoms with Crippen LogP contribution in [0.4, 0.5) is 10.5 Å². The van der Waals surface area contributed by atoms with Crippen LogP contribution in [0.3, 0.4) is 0 Å². The van der Waals surface area contributed by atoms with Gasteiger partial charge in [0.2, 0.25) is 0 Å². The molecule has 2 atom stereocenters. The Bertz CT molecular complexity index is 605. The van der Waals surface area contributed by atoms with Crippen LogP contribution in [0.5, 0.6) is 5.75 Å². The van der Waals surface area contributed by atoms with Gasteiger partial charge in [-0.2, -0.15) is 0 Å². The number of aryl methyl sites for hydroxylation is 1. The number of nitrogens with zero attached hydrogens (tertiary/aromatic N) is 1. The lowest BCUT2D eigenvalue weighted by molar-refractivity contribution is -0.0306. The molecule has 0 radical (unpaired) electrons. The second kappa shape index (κ2) is 8.76. The number of rotatable bonds is 6. The van der Waals surface area contributed by atoms with E-state index in [1.807, 2.05) is 25.1 Å². The van der Waals surface area contributed by atoms with Gasteiger partial charge in [-0.1, -0.05) is 25.8 Å². The standard InChI is InChI=1S/C21H32N2O3/c1-4-5-11-23-16-7-6-8-17(23)14-18(13-16)26-21(24)22-19-12-15(2)9-10-20(19)25-3/h9-10,12,16-18H,4-8,11,13-14H2,1-3H3,(H,22,24). The smallest absolute Gasteiger partial charge is 0.412 e. The van der Waals surface area contributed by atoms with E-state index in [2.05, 4.69) is 17.1 Å². The highest BCUT2D eigenvalue weighted by Crippen LogP contribution is 2.35. The van der Waals surface area contributed by atoms with Crippen molar-refractivity contribution in [3.8, 4) is 5.75 Å². The van der Waals surface area contributed by atoms with Gasteiger partial charge in [0, 0.05) is 24.9 Å². The highest BCUT2D eigenvalue weighted by atomic mass is 16.6. The van der Waals surface area contributed by atoms with Crippen LogP contribution in [0.1, 0.15) is 57.4 Å². The monoisotopic (exact) mass is 360 g/mol. The molecule has 2 unspecified atom stereocenters. The zero-order valence-electron chi connectivity index (χ0n) is 16.3. The third-order valence-electron chi connectivity index (χ3n) is 5.72. The van der Waals surface area contributed by atoms with E-state index in [9.17, 15) is 4.79 Å². The van der Waals surface area contributed by atoms with Crippen LogP contribution in [-0.2, 0) is 4.74 Å². The Morgan fingerprint density at radius 1 is 1.27 bits per heavy atom. The predicted octanol–water partition coefficient (Wildman–Crippen LogP) is 4.74. The average Bonchev–Trinajstić information content (AvgIpc) is 2.60. The molecule has 144 valence electrons. The fourth-order valence-corrected chi connectivity index (χ4v) is 4.44. The second-order valence-electron chi connectivity index (χ2n) is 7.66. The minimum absolute atomic E-state index is 0.0129. The summed E-state index contributed by atoms with van der Waals surface area (Å²) >= 11 is 0. The number of carbonyl (C=O) groups is 1. The first-order valence-corrected chi connectivity index (χ1v) is 9.98. The molecule has 0 saturated carbocycles. The first-order chi connectivity index (χ1) is 12.6. The van der Waals surface area contributed by atoms with Gasteiger partial charge >= 0.3 is 6.09 Å². The molecule has 2 heterocycles. The van der Waals surface area contributed by atoms with Gasteiger partial charge in [-0.25, -0.2) is 4.79 Å². The normalized spacial score (nSPS) is 25.6. The molecule has 5 nitrogen and oxygen atoms in total. The Labute approximate surface area is 157 Å². The van der Waals surface area contributed by atoms with Gasteiger partial charge in [-0.15, -0.1) is 0 Å². The predicted molar refractivity (Wildman–Crippen MR) is 104 cm³/mol. The van der Waals surface area contributed by atoms with Crippen LogP contribution < -0.4 is 10.1 Å². The molecule has 2 aliphatic rings. The topological polar surface area (TPSA) is 50.8 Å².